The maximum atomic E-state index is 12.7. The molecule has 0 saturated heterocycles. The van der Waals surface area contributed by atoms with Crippen molar-refractivity contribution in [2.75, 3.05) is 11.1 Å². The van der Waals surface area contributed by atoms with Crippen molar-refractivity contribution in [2.45, 2.75) is 11.8 Å². The molecule has 146 valence electrons. The van der Waals surface area contributed by atoms with Crippen LogP contribution in [0.1, 0.15) is 17.3 Å². The van der Waals surface area contributed by atoms with Crippen molar-refractivity contribution in [2.24, 2.45) is 0 Å². The molecule has 0 radical (unpaired) electrons. The molecule has 29 heavy (non-hydrogen) atoms. The fraction of sp³-hybridized carbons (Fsp3) is 0.0952. The Labute approximate surface area is 168 Å². The Kier molecular flexibility index (Phi) is 4.85. The summed E-state index contributed by atoms with van der Waals surface area (Å²) in [5.74, 6) is 0.0655. The summed E-state index contributed by atoms with van der Waals surface area (Å²) in [4.78, 5) is 21.4. The highest BCUT2D eigenvalue weighted by Crippen LogP contribution is 2.22. The fourth-order valence-electron chi connectivity index (χ4n) is 2.97. The van der Waals surface area contributed by atoms with E-state index in [9.17, 15) is 13.2 Å². The lowest BCUT2D eigenvalue weighted by Crippen LogP contribution is -2.17. The largest absolute Gasteiger partial charge is 0.322 e. The van der Waals surface area contributed by atoms with Crippen LogP contribution in [0.15, 0.2) is 78.1 Å². The van der Waals surface area contributed by atoms with E-state index in [0.29, 0.717) is 11.5 Å². The number of sulfone groups is 1. The number of rotatable bonds is 5. The van der Waals surface area contributed by atoms with Gasteiger partial charge in [0.15, 0.2) is 9.84 Å². The predicted octanol–water partition coefficient (Wildman–Crippen LogP) is 3.44. The highest BCUT2D eigenvalue weighted by atomic mass is 32.2. The third-order valence-corrected chi connectivity index (χ3v) is 6.31. The molecule has 2 aromatic carbocycles. The second-order valence-electron chi connectivity index (χ2n) is 6.38. The minimum absolute atomic E-state index is 0.0359. The predicted molar refractivity (Wildman–Crippen MR) is 111 cm³/mol. The van der Waals surface area contributed by atoms with Gasteiger partial charge in [0.2, 0.25) is 5.78 Å². The van der Waals surface area contributed by atoms with Gasteiger partial charge >= 0.3 is 0 Å². The van der Waals surface area contributed by atoms with Gasteiger partial charge in [0.05, 0.1) is 21.9 Å². The summed E-state index contributed by atoms with van der Waals surface area (Å²) < 4.78 is 26.3. The molecule has 0 bridgehead atoms. The normalized spacial score (nSPS) is 11.5. The standard InChI is InChI=1S/C21H18N4O3S/c1-2-29(27,28)19-7-4-3-6-17(19)20(26)23-16-10-8-15(9-11-16)18-14-25-13-5-12-22-21(25)24-18/h3-14H,2H2,1H3,(H,23,26). The monoisotopic (exact) mass is 406 g/mol. The second kappa shape index (κ2) is 7.48. The number of nitrogens with one attached hydrogen (secondary N) is 1. The van der Waals surface area contributed by atoms with E-state index in [1.807, 2.05) is 35.0 Å². The Morgan fingerprint density at radius 2 is 1.83 bits per heavy atom. The van der Waals surface area contributed by atoms with E-state index in [-0.39, 0.29) is 16.2 Å². The molecule has 0 aliphatic carbocycles. The van der Waals surface area contributed by atoms with Crippen molar-refractivity contribution in [1.29, 1.82) is 0 Å². The molecule has 8 heteroatoms. The van der Waals surface area contributed by atoms with Gasteiger partial charge in [-0.25, -0.2) is 18.4 Å². The first-order valence-electron chi connectivity index (χ1n) is 9.01. The third kappa shape index (κ3) is 3.74. The Morgan fingerprint density at radius 1 is 1.07 bits per heavy atom. The second-order valence-corrected chi connectivity index (χ2v) is 8.63. The molecule has 4 aromatic rings. The van der Waals surface area contributed by atoms with Crippen LogP contribution in [-0.4, -0.2) is 34.4 Å². The molecular weight excluding hydrogens is 388 g/mol. The van der Waals surface area contributed by atoms with Crippen molar-refractivity contribution >= 4 is 27.2 Å². The van der Waals surface area contributed by atoms with Crippen molar-refractivity contribution in [1.82, 2.24) is 14.4 Å². The molecule has 0 fully saturated rings. The summed E-state index contributed by atoms with van der Waals surface area (Å²) in [5.41, 5.74) is 2.33. The van der Waals surface area contributed by atoms with Crippen molar-refractivity contribution in [3.63, 3.8) is 0 Å². The molecule has 0 unspecified atom stereocenters. The average molecular weight is 406 g/mol. The minimum Gasteiger partial charge on any atom is -0.322 e. The van der Waals surface area contributed by atoms with Gasteiger partial charge in [0, 0.05) is 29.8 Å². The molecule has 0 aliphatic rings. The molecule has 1 amide bonds. The highest BCUT2D eigenvalue weighted by molar-refractivity contribution is 7.91. The first-order chi connectivity index (χ1) is 14.0. The third-order valence-electron chi connectivity index (χ3n) is 4.52. The topological polar surface area (TPSA) is 93.4 Å². The molecule has 1 N–H and O–H groups in total. The summed E-state index contributed by atoms with van der Waals surface area (Å²) in [6, 6.07) is 15.2. The van der Waals surface area contributed by atoms with Crippen molar-refractivity contribution in [3.05, 3.63) is 78.8 Å². The summed E-state index contributed by atoms with van der Waals surface area (Å²) >= 11 is 0. The van der Waals surface area contributed by atoms with E-state index in [1.54, 1.807) is 37.4 Å². The minimum atomic E-state index is -3.50. The van der Waals surface area contributed by atoms with E-state index in [0.717, 1.165) is 11.3 Å². The molecule has 2 aromatic heterocycles. The number of hydrogen-bond acceptors (Lipinski definition) is 5. The molecule has 7 nitrogen and oxygen atoms in total. The van der Waals surface area contributed by atoms with E-state index in [4.69, 9.17) is 0 Å². The first-order valence-corrected chi connectivity index (χ1v) is 10.7. The lowest BCUT2D eigenvalue weighted by Gasteiger charge is -2.10. The SMILES string of the molecule is CCS(=O)(=O)c1ccccc1C(=O)Nc1ccc(-c2cn3cccnc3n2)cc1. The number of nitrogens with zero attached hydrogens (tertiary/aromatic N) is 3. The van der Waals surface area contributed by atoms with Crippen LogP contribution < -0.4 is 5.32 Å². The van der Waals surface area contributed by atoms with Gasteiger partial charge in [-0.15, -0.1) is 0 Å². The van der Waals surface area contributed by atoms with E-state index in [1.165, 1.54) is 12.1 Å². The molecule has 2 heterocycles. The van der Waals surface area contributed by atoms with Gasteiger partial charge in [-0.3, -0.25) is 9.20 Å². The zero-order valence-corrected chi connectivity index (χ0v) is 16.4. The Bertz CT molecular complexity index is 1260. The van der Waals surface area contributed by atoms with Crippen LogP contribution in [0, 0.1) is 0 Å². The van der Waals surface area contributed by atoms with Gasteiger partial charge in [-0.05, 0) is 30.3 Å². The zero-order chi connectivity index (χ0) is 20.4. The average Bonchev–Trinajstić information content (AvgIpc) is 3.18. The maximum absolute atomic E-state index is 12.7. The number of benzene rings is 2. The smallest absolute Gasteiger partial charge is 0.256 e. The van der Waals surface area contributed by atoms with Crippen LogP contribution in [0.3, 0.4) is 0 Å². The number of carbonyl (C=O) groups excluding carboxylic acids is 1. The summed E-state index contributed by atoms with van der Waals surface area (Å²) in [7, 11) is -3.50. The number of aromatic nitrogens is 3. The maximum Gasteiger partial charge on any atom is 0.256 e. The number of amides is 1. The van der Waals surface area contributed by atoms with Gasteiger partial charge < -0.3 is 5.32 Å². The lowest BCUT2D eigenvalue weighted by atomic mass is 10.1. The van der Waals surface area contributed by atoms with E-state index >= 15 is 0 Å². The van der Waals surface area contributed by atoms with E-state index in [2.05, 4.69) is 15.3 Å². The van der Waals surface area contributed by atoms with Crippen molar-refractivity contribution in [3.8, 4) is 11.3 Å². The van der Waals surface area contributed by atoms with Crippen LogP contribution in [0.4, 0.5) is 5.69 Å². The van der Waals surface area contributed by atoms with Crippen LogP contribution in [0.25, 0.3) is 17.0 Å². The van der Waals surface area contributed by atoms with Crippen LogP contribution in [0.2, 0.25) is 0 Å². The molecular formula is C21H18N4O3S. The molecule has 0 spiro atoms. The van der Waals surface area contributed by atoms with Gasteiger partial charge in [-0.2, -0.15) is 0 Å². The summed E-state index contributed by atoms with van der Waals surface area (Å²) in [6.07, 6.45) is 5.43. The number of hydrogen-bond donors (Lipinski definition) is 1. The van der Waals surface area contributed by atoms with Crippen LogP contribution in [-0.2, 0) is 9.84 Å². The fourth-order valence-corrected chi connectivity index (χ4v) is 4.07. The number of imidazole rings is 1. The number of anilines is 1. The summed E-state index contributed by atoms with van der Waals surface area (Å²) in [5, 5.41) is 2.76. The van der Waals surface area contributed by atoms with Crippen LogP contribution in [0.5, 0.6) is 0 Å². The summed E-state index contributed by atoms with van der Waals surface area (Å²) in [6.45, 7) is 1.55. The molecule has 0 aliphatic heterocycles. The Morgan fingerprint density at radius 3 is 2.55 bits per heavy atom. The zero-order valence-electron chi connectivity index (χ0n) is 15.6. The first kappa shape index (κ1) is 18.8. The number of fused-ring (bicyclic) bond motifs is 1. The quantitative estimate of drug-likeness (QED) is 0.548. The van der Waals surface area contributed by atoms with Gasteiger partial charge in [0.25, 0.3) is 5.91 Å². The van der Waals surface area contributed by atoms with Crippen molar-refractivity contribution < 1.29 is 13.2 Å². The number of carbonyl (C=O) groups is 1. The Hall–Kier alpha value is -3.52. The molecule has 4 rings (SSSR count). The molecule has 0 saturated carbocycles. The van der Waals surface area contributed by atoms with Gasteiger partial charge in [-0.1, -0.05) is 31.2 Å². The van der Waals surface area contributed by atoms with Crippen LogP contribution >= 0.6 is 0 Å². The molecule has 0 atom stereocenters. The van der Waals surface area contributed by atoms with Gasteiger partial charge in [0.1, 0.15) is 0 Å². The highest BCUT2D eigenvalue weighted by Gasteiger charge is 2.20. The van der Waals surface area contributed by atoms with E-state index < -0.39 is 15.7 Å². The lowest BCUT2D eigenvalue weighted by molar-refractivity contribution is 0.102. The Balaban J connectivity index is 1.57.